The van der Waals surface area contributed by atoms with Crippen molar-refractivity contribution < 1.29 is 9.53 Å². The third-order valence-electron chi connectivity index (χ3n) is 8.13. The molecule has 0 atom stereocenters. The molecule has 0 bridgehead atoms. The number of aromatic amines is 1. The molecule has 1 amide bonds. The number of rotatable bonds is 6. The zero-order valence-corrected chi connectivity index (χ0v) is 27.6. The fourth-order valence-corrected chi connectivity index (χ4v) is 6.45. The van der Waals surface area contributed by atoms with Crippen LogP contribution in [0.3, 0.4) is 0 Å². The second kappa shape index (κ2) is 12.8. The minimum Gasteiger partial charge on any atom is -0.444 e. The number of amides is 1. The van der Waals surface area contributed by atoms with Crippen molar-refractivity contribution in [3.8, 4) is 11.4 Å². The Labute approximate surface area is 267 Å². The van der Waals surface area contributed by atoms with Gasteiger partial charge >= 0.3 is 6.09 Å². The molecular formula is C33H41BrN8O2. The average molecular weight is 662 g/mol. The summed E-state index contributed by atoms with van der Waals surface area (Å²) in [6, 6.07) is 10.8. The number of hydrogen-bond acceptors (Lipinski definition) is 8. The van der Waals surface area contributed by atoms with E-state index in [0.29, 0.717) is 13.1 Å². The number of aryl methyl sites for hydroxylation is 1. The molecule has 0 aliphatic carbocycles. The predicted molar refractivity (Wildman–Crippen MR) is 177 cm³/mol. The Kier molecular flexibility index (Phi) is 8.89. The van der Waals surface area contributed by atoms with Crippen molar-refractivity contribution in [3.05, 3.63) is 70.1 Å². The fourth-order valence-electron chi connectivity index (χ4n) is 5.90. The Hall–Kier alpha value is -3.54. The first-order chi connectivity index (χ1) is 21.1. The Morgan fingerprint density at radius 3 is 2.23 bits per heavy atom. The van der Waals surface area contributed by atoms with Crippen molar-refractivity contribution in [2.45, 2.75) is 46.4 Å². The number of carbonyl (C=O) groups is 1. The van der Waals surface area contributed by atoms with Crippen LogP contribution in [0, 0.1) is 6.92 Å². The van der Waals surface area contributed by atoms with Crippen LogP contribution in [0.4, 0.5) is 10.5 Å². The first-order valence-corrected chi connectivity index (χ1v) is 16.1. The van der Waals surface area contributed by atoms with Crippen LogP contribution in [0.1, 0.15) is 37.5 Å². The Morgan fingerprint density at radius 2 is 1.57 bits per heavy atom. The minimum absolute atomic E-state index is 0.227. The summed E-state index contributed by atoms with van der Waals surface area (Å²) in [5.41, 5.74) is 7.04. The van der Waals surface area contributed by atoms with Crippen LogP contribution < -0.4 is 4.90 Å². The molecule has 11 heteroatoms. The monoisotopic (exact) mass is 660 g/mol. The normalized spacial score (nSPS) is 16.9. The number of anilines is 1. The van der Waals surface area contributed by atoms with Crippen LogP contribution >= 0.6 is 15.9 Å². The van der Waals surface area contributed by atoms with Gasteiger partial charge in [-0.05, 0) is 60.3 Å². The number of H-pyrrole nitrogens is 1. The summed E-state index contributed by atoms with van der Waals surface area (Å²) in [7, 11) is 0. The second-order valence-electron chi connectivity index (χ2n) is 12.8. The third kappa shape index (κ3) is 7.22. The highest BCUT2D eigenvalue weighted by atomic mass is 79.9. The number of imidazole rings is 1. The van der Waals surface area contributed by atoms with E-state index in [1.165, 1.54) is 16.7 Å². The number of fused-ring (bicyclic) bond motifs is 1. The van der Waals surface area contributed by atoms with Crippen molar-refractivity contribution in [3.63, 3.8) is 0 Å². The van der Waals surface area contributed by atoms with Crippen LogP contribution in [-0.2, 0) is 17.8 Å². The van der Waals surface area contributed by atoms with Crippen molar-refractivity contribution in [1.29, 1.82) is 0 Å². The highest BCUT2D eigenvalue weighted by molar-refractivity contribution is 9.10. The third-order valence-corrected chi connectivity index (χ3v) is 8.71. The van der Waals surface area contributed by atoms with E-state index >= 15 is 0 Å². The molecule has 232 valence electrons. The summed E-state index contributed by atoms with van der Waals surface area (Å²) < 4.78 is 6.50. The van der Waals surface area contributed by atoms with E-state index in [2.05, 4.69) is 82.8 Å². The number of hydrogen-bond donors (Lipinski definition) is 1. The lowest BCUT2D eigenvalue weighted by Crippen LogP contribution is -2.49. The molecule has 4 aromatic rings. The smallest absolute Gasteiger partial charge is 0.410 e. The van der Waals surface area contributed by atoms with Crippen molar-refractivity contribution in [1.82, 2.24) is 34.6 Å². The number of benzene rings is 1. The molecular weight excluding hydrogens is 620 g/mol. The standard InChI is InChI=1S/C33H41BrN8O2/c1-23-17-25(19-35-18-23)22-40-9-13-41(14-10-40)29-27(34)20-36-31-28(29)37-30(38-31)26-7-5-24(6-8-26)21-39-11-15-42(16-12-39)32(43)44-33(2,3)4/h5-8,17-20H,9-16,21-22H2,1-4H3,(H,36,37,38). The highest BCUT2D eigenvalue weighted by Gasteiger charge is 2.26. The Balaban J connectivity index is 1.08. The zero-order valence-electron chi connectivity index (χ0n) is 26.0. The number of pyridine rings is 2. The van der Waals surface area contributed by atoms with Gasteiger partial charge in [0.2, 0.25) is 0 Å². The molecule has 0 unspecified atom stereocenters. The van der Waals surface area contributed by atoms with Gasteiger partial charge in [0, 0.05) is 89.6 Å². The summed E-state index contributed by atoms with van der Waals surface area (Å²) >= 11 is 3.77. The lowest BCUT2D eigenvalue weighted by Gasteiger charge is -2.36. The van der Waals surface area contributed by atoms with Gasteiger partial charge in [-0.25, -0.2) is 14.8 Å². The lowest BCUT2D eigenvalue weighted by molar-refractivity contribution is 0.0139. The summed E-state index contributed by atoms with van der Waals surface area (Å²) in [6.07, 6.45) is 5.50. The van der Waals surface area contributed by atoms with Crippen molar-refractivity contribution in [2.75, 3.05) is 57.3 Å². The van der Waals surface area contributed by atoms with Gasteiger partial charge in [-0.2, -0.15) is 0 Å². The van der Waals surface area contributed by atoms with Gasteiger partial charge < -0.3 is 19.5 Å². The maximum Gasteiger partial charge on any atom is 0.410 e. The van der Waals surface area contributed by atoms with Crippen LogP contribution in [0.2, 0.25) is 0 Å². The van der Waals surface area contributed by atoms with E-state index in [9.17, 15) is 4.79 Å². The van der Waals surface area contributed by atoms with Gasteiger partial charge in [-0.3, -0.25) is 14.8 Å². The summed E-state index contributed by atoms with van der Waals surface area (Å²) in [5.74, 6) is 0.815. The van der Waals surface area contributed by atoms with E-state index in [0.717, 1.165) is 85.1 Å². The fraction of sp³-hybridized carbons (Fsp3) is 0.455. The van der Waals surface area contributed by atoms with Gasteiger partial charge in [-0.1, -0.05) is 30.3 Å². The first-order valence-electron chi connectivity index (χ1n) is 15.3. The molecule has 0 spiro atoms. The molecule has 5 heterocycles. The topological polar surface area (TPSA) is 93.7 Å². The number of nitrogens with zero attached hydrogens (tertiary/aromatic N) is 7. The number of aromatic nitrogens is 4. The van der Waals surface area contributed by atoms with Crippen LogP contribution in [-0.4, -0.2) is 98.7 Å². The van der Waals surface area contributed by atoms with E-state index in [1.54, 1.807) is 4.90 Å². The van der Waals surface area contributed by atoms with Crippen LogP contribution in [0.5, 0.6) is 0 Å². The van der Waals surface area contributed by atoms with Crippen LogP contribution in [0.25, 0.3) is 22.6 Å². The lowest BCUT2D eigenvalue weighted by atomic mass is 10.1. The Morgan fingerprint density at radius 1 is 0.909 bits per heavy atom. The van der Waals surface area contributed by atoms with Crippen molar-refractivity contribution >= 4 is 38.9 Å². The van der Waals surface area contributed by atoms with Gasteiger partial charge in [0.25, 0.3) is 0 Å². The van der Waals surface area contributed by atoms with E-state index in [4.69, 9.17) is 9.72 Å². The predicted octanol–water partition coefficient (Wildman–Crippen LogP) is 5.47. The molecule has 2 saturated heterocycles. The molecule has 1 aromatic carbocycles. The number of halogens is 1. The molecule has 3 aromatic heterocycles. The SMILES string of the molecule is Cc1cncc(CN2CCN(c3c(Br)cnc4nc(-c5ccc(CN6CCN(C(=O)OC(C)(C)C)CC6)cc5)[nH]c34)CC2)c1. The largest absolute Gasteiger partial charge is 0.444 e. The first kappa shape index (κ1) is 30.5. The van der Waals surface area contributed by atoms with Gasteiger partial charge in [0.05, 0.1) is 10.2 Å². The van der Waals surface area contributed by atoms with E-state index in [1.807, 2.05) is 39.4 Å². The molecule has 44 heavy (non-hydrogen) atoms. The summed E-state index contributed by atoms with van der Waals surface area (Å²) in [5, 5.41) is 0. The maximum absolute atomic E-state index is 12.4. The molecule has 2 aliphatic heterocycles. The zero-order chi connectivity index (χ0) is 30.8. The molecule has 0 saturated carbocycles. The number of nitrogens with one attached hydrogen (secondary N) is 1. The van der Waals surface area contributed by atoms with Gasteiger partial charge in [-0.15, -0.1) is 0 Å². The van der Waals surface area contributed by atoms with E-state index in [-0.39, 0.29) is 6.09 Å². The number of carbonyl (C=O) groups excluding carboxylic acids is 1. The summed E-state index contributed by atoms with van der Waals surface area (Å²) in [4.78, 5) is 38.9. The molecule has 1 N–H and O–H groups in total. The minimum atomic E-state index is -0.473. The molecule has 2 fully saturated rings. The molecule has 0 radical (unpaired) electrons. The molecule has 10 nitrogen and oxygen atoms in total. The van der Waals surface area contributed by atoms with Gasteiger partial charge in [0.15, 0.2) is 5.65 Å². The second-order valence-corrected chi connectivity index (χ2v) is 13.7. The van der Waals surface area contributed by atoms with Crippen LogP contribution in [0.15, 0.2) is 53.4 Å². The number of piperazine rings is 2. The molecule has 6 rings (SSSR count). The van der Waals surface area contributed by atoms with Gasteiger partial charge in [0.1, 0.15) is 16.9 Å². The highest BCUT2D eigenvalue weighted by Crippen LogP contribution is 2.34. The molecule has 2 aliphatic rings. The maximum atomic E-state index is 12.4. The van der Waals surface area contributed by atoms with Crippen molar-refractivity contribution in [2.24, 2.45) is 0 Å². The Bertz CT molecular complexity index is 1600. The number of ether oxygens (including phenoxy) is 1. The average Bonchev–Trinajstić information content (AvgIpc) is 3.42. The summed E-state index contributed by atoms with van der Waals surface area (Å²) in [6.45, 7) is 16.4. The quantitative estimate of drug-likeness (QED) is 0.291. The van der Waals surface area contributed by atoms with E-state index < -0.39 is 5.60 Å².